The van der Waals surface area contributed by atoms with Crippen LogP contribution in [0.5, 0.6) is 0 Å². The Bertz CT molecular complexity index is 789. The van der Waals surface area contributed by atoms with Crippen LogP contribution in [0.15, 0.2) is 40.0 Å². The van der Waals surface area contributed by atoms with E-state index in [2.05, 4.69) is 10.2 Å². The van der Waals surface area contributed by atoms with Gasteiger partial charge in [-0.15, -0.1) is 10.2 Å². The Morgan fingerprint density at radius 3 is 2.78 bits per heavy atom. The van der Waals surface area contributed by atoms with Crippen molar-refractivity contribution in [1.82, 2.24) is 10.2 Å². The molecule has 1 saturated heterocycles. The first-order chi connectivity index (χ1) is 11.0. The molecule has 122 valence electrons. The summed E-state index contributed by atoms with van der Waals surface area (Å²) < 4.78 is 33.2. The topological polar surface area (TPSA) is 99.4 Å². The number of esters is 1. The van der Waals surface area contributed by atoms with E-state index in [0.717, 1.165) is 17.3 Å². The van der Waals surface area contributed by atoms with Crippen LogP contribution in [-0.4, -0.2) is 47.9 Å². The molecule has 3 rings (SSSR count). The van der Waals surface area contributed by atoms with E-state index in [1.54, 1.807) is 0 Å². The van der Waals surface area contributed by atoms with Crippen molar-refractivity contribution in [3.8, 4) is 11.5 Å². The SMILES string of the molecule is O=C(CSc1nnc(-c2ccccc2)o1)O[C@H]1CCS(=O)(=O)C1. The lowest BCUT2D eigenvalue weighted by molar-refractivity contribution is -0.144. The lowest BCUT2D eigenvalue weighted by Gasteiger charge is -2.08. The highest BCUT2D eigenvalue weighted by atomic mass is 32.2. The largest absolute Gasteiger partial charge is 0.461 e. The molecule has 7 nitrogen and oxygen atoms in total. The zero-order chi connectivity index (χ0) is 16.3. The van der Waals surface area contributed by atoms with Crippen LogP contribution in [0.2, 0.25) is 0 Å². The molecule has 23 heavy (non-hydrogen) atoms. The Morgan fingerprint density at radius 2 is 2.09 bits per heavy atom. The third kappa shape index (κ3) is 4.32. The van der Waals surface area contributed by atoms with E-state index >= 15 is 0 Å². The normalized spacial score (nSPS) is 19.6. The molecule has 1 fully saturated rings. The fourth-order valence-electron chi connectivity index (χ4n) is 2.16. The Hall–Kier alpha value is -1.87. The van der Waals surface area contributed by atoms with Gasteiger partial charge >= 0.3 is 5.97 Å². The summed E-state index contributed by atoms with van der Waals surface area (Å²) in [7, 11) is -3.06. The molecule has 0 radical (unpaired) electrons. The van der Waals surface area contributed by atoms with E-state index in [9.17, 15) is 13.2 Å². The smallest absolute Gasteiger partial charge is 0.316 e. The molecule has 0 N–H and O–H groups in total. The minimum Gasteiger partial charge on any atom is -0.461 e. The standard InChI is InChI=1S/C14H14N2O5S2/c17-12(20-11-6-7-23(18,19)9-11)8-22-14-16-15-13(21-14)10-4-2-1-3-5-10/h1-5,11H,6-9H2/t11-/m0/s1. The summed E-state index contributed by atoms with van der Waals surface area (Å²) in [6, 6.07) is 9.29. The maximum absolute atomic E-state index is 11.7. The molecule has 1 aliphatic rings. The van der Waals surface area contributed by atoms with Crippen molar-refractivity contribution in [3.05, 3.63) is 30.3 Å². The molecule has 2 heterocycles. The van der Waals surface area contributed by atoms with Crippen LogP contribution in [0, 0.1) is 0 Å². The van der Waals surface area contributed by atoms with E-state index in [1.165, 1.54) is 0 Å². The Labute approximate surface area is 137 Å². The summed E-state index contributed by atoms with van der Waals surface area (Å²) in [6.45, 7) is 0. The Kier molecular flexibility index (Phi) is 4.67. The number of hydrogen-bond donors (Lipinski definition) is 0. The predicted octanol–water partition coefficient (Wildman–Crippen LogP) is 1.56. The number of sulfone groups is 1. The fraction of sp³-hybridized carbons (Fsp3) is 0.357. The van der Waals surface area contributed by atoms with E-state index in [1.807, 2.05) is 30.3 Å². The molecule has 0 bridgehead atoms. The molecule has 1 aromatic heterocycles. The van der Waals surface area contributed by atoms with Crippen LogP contribution in [-0.2, 0) is 19.4 Å². The maximum Gasteiger partial charge on any atom is 0.316 e. The van der Waals surface area contributed by atoms with E-state index < -0.39 is 21.9 Å². The van der Waals surface area contributed by atoms with Crippen molar-refractivity contribution >= 4 is 27.6 Å². The number of nitrogens with zero attached hydrogens (tertiary/aromatic N) is 2. The summed E-state index contributed by atoms with van der Waals surface area (Å²) in [4.78, 5) is 11.7. The number of hydrogen-bond acceptors (Lipinski definition) is 8. The van der Waals surface area contributed by atoms with Gasteiger partial charge in [0.05, 0.1) is 11.5 Å². The number of rotatable bonds is 5. The van der Waals surface area contributed by atoms with Gasteiger partial charge in [0.2, 0.25) is 5.89 Å². The minimum atomic E-state index is -3.06. The molecule has 1 aromatic carbocycles. The van der Waals surface area contributed by atoms with Gasteiger partial charge in [0.1, 0.15) is 11.9 Å². The van der Waals surface area contributed by atoms with Gasteiger partial charge in [0.25, 0.3) is 5.22 Å². The van der Waals surface area contributed by atoms with Crippen LogP contribution in [0.1, 0.15) is 6.42 Å². The van der Waals surface area contributed by atoms with Gasteiger partial charge in [-0.2, -0.15) is 0 Å². The van der Waals surface area contributed by atoms with Crippen LogP contribution in [0.4, 0.5) is 0 Å². The molecule has 0 unspecified atom stereocenters. The first kappa shape index (κ1) is 16.0. The minimum absolute atomic E-state index is 0.00697. The second-order valence-electron chi connectivity index (χ2n) is 5.04. The van der Waals surface area contributed by atoms with Crippen LogP contribution in [0.25, 0.3) is 11.5 Å². The van der Waals surface area contributed by atoms with Crippen molar-refractivity contribution in [1.29, 1.82) is 0 Å². The van der Waals surface area contributed by atoms with Gasteiger partial charge in [-0.25, -0.2) is 8.42 Å². The second kappa shape index (κ2) is 6.71. The lowest BCUT2D eigenvalue weighted by atomic mass is 10.2. The molecule has 0 spiro atoms. The molecule has 0 amide bonds. The van der Waals surface area contributed by atoms with Crippen LogP contribution >= 0.6 is 11.8 Å². The monoisotopic (exact) mass is 354 g/mol. The van der Waals surface area contributed by atoms with Crippen molar-refractivity contribution in [3.63, 3.8) is 0 Å². The number of carbonyl (C=O) groups excluding carboxylic acids is 1. The Balaban J connectivity index is 1.51. The van der Waals surface area contributed by atoms with Crippen molar-refractivity contribution < 1.29 is 22.4 Å². The van der Waals surface area contributed by atoms with Gasteiger partial charge in [-0.1, -0.05) is 30.0 Å². The Morgan fingerprint density at radius 1 is 1.30 bits per heavy atom. The van der Waals surface area contributed by atoms with E-state index in [4.69, 9.17) is 9.15 Å². The van der Waals surface area contributed by atoms with Crippen LogP contribution < -0.4 is 0 Å². The average Bonchev–Trinajstić information content (AvgIpc) is 3.13. The first-order valence-corrected chi connectivity index (χ1v) is 9.74. The molecule has 0 saturated carbocycles. The van der Waals surface area contributed by atoms with Gasteiger partial charge in [0.15, 0.2) is 9.84 Å². The zero-order valence-electron chi connectivity index (χ0n) is 12.0. The lowest BCUT2D eigenvalue weighted by Crippen LogP contribution is -2.20. The molecular formula is C14H14N2O5S2. The summed E-state index contributed by atoms with van der Waals surface area (Å²) >= 11 is 1.06. The molecular weight excluding hydrogens is 340 g/mol. The average molecular weight is 354 g/mol. The molecule has 1 atom stereocenters. The fourth-order valence-corrected chi connectivity index (χ4v) is 4.30. The molecule has 9 heteroatoms. The highest BCUT2D eigenvalue weighted by Crippen LogP contribution is 2.23. The quantitative estimate of drug-likeness (QED) is 0.589. The van der Waals surface area contributed by atoms with E-state index in [0.29, 0.717) is 12.3 Å². The maximum atomic E-state index is 11.7. The van der Waals surface area contributed by atoms with Gasteiger partial charge in [-0.05, 0) is 18.6 Å². The molecule has 2 aromatic rings. The zero-order valence-corrected chi connectivity index (χ0v) is 13.7. The molecule has 0 aliphatic carbocycles. The van der Waals surface area contributed by atoms with Gasteiger partial charge in [-0.3, -0.25) is 4.79 Å². The third-order valence-corrected chi connectivity index (χ3v) is 5.76. The van der Waals surface area contributed by atoms with Crippen molar-refractivity contribution in [2.45, 2.75) is 17.7 Å². The summed E-state index contributed by atoms with van der Waals surface area (Å²) in [5.41, 5.74) is 0.797. The number of benzene rings is 1. The van der Waals surface area contributed by atoms with E-state index in [-0.39, 0.29) is 22.5 Å². The molecule has 1 aliphatic heterocycles. The van der Waals surface area contributed by atoms with Crippen molar-refractivity contribution in [2.24, 2.45) is 0 Å². The van der Waals surface area contributed by atoms with Crippen molar-refractivity contribution in [2.75, 3.05) is 17.3 Å². The third-order valence-electron chi connectivity index (χ3n) is 3.23. The number of thioether (sulfide) groups is 1. The predicted molar refractivity (Wildman–Crippen MR) is 83.6 cm³/mol. The highest BCUT2D eigenvalue weighted by Gasteiger charge is 2.30. The van der Waals surface area contributed by atoms with Gasteiger partial charge < -0.3 is 9.15 Å². The first-order valence-electron chi connectivity index (χ1n) is 6.93. The second-order valence-corrected chi connectivity index (χ2v) is 8.20. The summed E-state index contributed by atoms with van der Waals surface area (Å²) in [5, 5.41) is 8.04. The number of ether oxygens (including phenoxy) is 1. The number of carbonyl (C=O) groups is 1. The number of aromatic nitrogens is 2. The van der Waals surface area contributed by atoms with Gasteiger partial charge in [0, 0.05) is 5.56 Å². The summed E-state index contributed by atoms with van der Waals surface area (Å²) in [5.74, 6) is -0.142. The summed E-state index contributed by atoms with van der Waals surface area (Å²) in [6.07, 6.45) is -0.187. The highest BCUT2D eigenvalue weighted by molar-refractivity contribution is 7.99. The van der Waals surface area contributed by atoms with Crippen LogP contribution in [0.3, 0.4) is 0 Å².